The average molecular weight is 458 g/mol. The van der Waals surface area contributed by atoms with Crippen molar-refractivity contribution in [2.45, 2.75) is 36.9 Å². The number of aromatic nitrogens is 2. The molecule has 0 atom stereocenters. The van der Waals surface area contributed by atoms with Gasteiger partial charge in [-0.15, -0.1) is 0 Å². The summed E-state index contributed by atoms with van der Waals surface area (Å²) < 4.78 is 39.0. The fourth-order valence-corrected chi connectivity index (χ4v) is 5.76. The molecule has 4 N–H and O–H groups in total. The lowest BCUT2D eigenvalue weighted by atomic mass is 9.79. The second-order valence-corrected chi connectivity index (χ2v) is 9.69. The van der Waals surface area contributed by atoms with Crippen LogP contribution in [0, 0.1) is 0 Å². The Hall–Kier alpha value is -3.24. The largest absolute Gasteiger partial charge is 0.495 e. The van der Waals surface area contributed by atoms with Crippen molar-refractivity contribution in [3.05, 3.63) is 58.9 Å². The predicted molar refractivity (Wildman–Crippen MR) is 117 cm³/mol. The number of nitrogens with zero attached hydrogens (tertiary/aromatic N) is 1. The molecule has 0 unspecified atom stereocenters. The molecular formula is C22H23N3O6S. The summed E-state index contributed by atoms with van der Waals surface area (Å²) in [5.41, 5.74) is 6.34. The van der Waals surface area contributed by atoms with E-state index in [1.807, 2.05) is 0 Å². The molecule has 1 fully saturated rings. The van der Waals surface area contributed by atoms with E-state index in [9.17, 15) is 22.6 Å². The number of benzene rings is 1. The maximum absolute atomic E-state index is 13.7. The highest BCUT2D eigenvalue weighted by molar-refractivity contribution is 7.86. The molecule has 0 aliphatic heterocycles. The summed E-state index contributed by atoms with van der Waals surface area (Å²) >= 11 is 0. The van der Waals surface area contributed by atoms with Gasteiger partial charge in [-0.25, -0.2) is 4.98 Å². The molecule has 9 nitrogen and oxygen atoms in total. The van der Waals surface area contributed by atoms with Gasteiger partial charge < -0.3 is 15.5 Å². The minimum Gasteiger partial charge on any atom is -0.495 e. The molecule has 32 heavy (non-hydrogen) atoms. The molecule has 1 aliphatic rings. The molecule has 3 aromatic rings. The number of primary amides is 1. The van der Waals surface area contributed by atoms with Crippen molar-refractivity contribution in [3.8, 4) is 5.75 Å². The van der Waals surface area contributed by atoms with E-state index in [1.165, 1.54) is 37.7 Å². The number of rotatable bonds is 6. The molecule has 0 bridgehead atoms. The first-order chi connectivity index (χ1) is 15.2. The van der Waals surface area contributed by atoms with E-state index in [0.717, 1.165) is 6.42 Å². The summed E-state index contributed by atoms with van der Waals surface area (Å²) in [5.74, 6) is -0.825. The van der Waals surface area contributed by atoms with Crippen LogP contribution in [0.25, 0.3) is 11.0 Å². The number of aromatic amines is 1. The van der Waals surface area contributed by atoms with Crippen molar-refractivity contribution in [1.82, 2.24) is 9.97 Å². The number of ether oxygens (including phenoxy) is 1. The number of H-pyrrole nitrogens is 1. The Balaban J connectivity index is 1.96. The first-order valence-electron chi connectivity index (χ1n) is 10.1. The second kappa shape index (κ2) is 8.03. The van der Waals surface area contributed by atoms with Crippen molar-refractivity contribution in [2.75, 3.05) is 7.11 Å². The quantitative estimate of drug-likeness (QED) is 0.380. The lowest BCUT2D eigenvalue weighted by Crippen LogP contribution is -2.39. The fraction of sp³-hybridized carbons (Fsp3) is 0.318. The van der Waals surface area contributed by atoms with Crippen LogP contribution in [0.4, 0.5) is 0 Å². The SMILES string of the molecule is COc1cnc2[nH]cc(C(=O)c3cc(C(N)=O)ccc3C3(S(=O)(=O)O)CCCCC3)c2c1. The maximum atomic E-state index is 13.7. The van der Waals surface area contributed by atoms with E-state index < -0.39 is 26.6 Å². The Morgan fingerprint density at radius 3 is 2.50 bits per heavy atom. The van der Waals surface area contributed by atoms with Crippen molar-refractivity contribution in [2.24, 2.45) is 5.73 Å². The van der Waals surface area contributed by atoms with Crippen molar-refractivity contribution in [3.63, 3.8) is 0 Å². The Bertz CT molecular complexity index is 1320. The van der Waals surface area contributed by atoms with Gasteiger partial charge in [-0.2, -0.15) is 8.42 Å². The average Bonchev–Trinajstić information content (AvgIpc) is 3.21. The molecule has 0 radical (unpaired) electrons. The van der Waals surface area contributed by atoms with Crippen LogP contribution in [0.1, 0.15) is 63.9 Å². The number of nitrogens with two attached hydrogens (primary N) is 1. The number of carbonyl (C=O) groups is 2. The molecule has 10 heteroatoms. The highest BCUT2D eigenvalue weighted by Gasteiger charge is 2.47. The molecule has 0 saturated heterocycles. The van der Waals surface area contributed by atoms with Gasteiger partial charge in [-0.3, -0.25) is 14.1 Å². The molecule has 1 aromatic carbocycles. The second-order valence-electron chi connectivity index (χ2n) is 7.96. The highest BCUT2D eigenvalue weighted by Crippen LogP contribution is 2.45. The fourth-order valence-electron chi connectivity index (χ4n) is 4.50. The summed E-state index contributed by atoms with van der Waals surface area (Å²) in [7, 11) is -3.08. The van der Waals surface area contributed by atoms with Crippen LogP contribution in [-0.4, -0.2) is 41.7 Å². The number of pyridine rings is 1. The van der Waals surface area contributed by atoms with E-state index >= 15 is 0 Å². The molecule has 1 saturated carbocycles. The van der Waals surface area contributed by atoms with Gasteiger partial charge in [0.25, 0.3) is 10.1 Å². The normalized spacial score (nSPS) is 16.1. The third kappa shape index (κ3) is 3.55. The van der Waals surface area contributed by atoms with Crippen LogP contribution >= 0.6 is 0 Å². The number of amides is 1. The van der Waals surface area contributed by atoms with Crippen LogP contribution in [0.5, 0.6) is 5.75 Å². The van der Waals surface area contributed by atoms with E-state index in [2.05, 4.69) is 9.97 Å². The molecule has 2 aromatic heterocycles. The minimum atomic E-state index is -4.56. The van der Waals surface area contributed by atoms with Gasteiger partial charge in [-0.05, 0) is 36.6 Å². The van der Waals surface area contributed by atoms with E-state index in [4.69, 9.17) is 10.5 Å². The maximum Gasteiger partial charge on any atom is 0.274 e. The zero-order chi connectivity index (χ0) is 23.1. The molecule has 168 valence electrons. The van der Waals surface area contributed by atoms with Crippen LogP contribution in [0.2, 0.25) is 0 Å². The Morgan fingerprint density at radius 1 is 1.16 bits per heavy atom. The van der Waals surface area contributed by atoms with Crippen molar-refractivity contribution in [1.29, 1.82) is 0 Å². The van der Waals surface area contributed by atoms with Gasteiger partial charge in [0.2, 0.25) is 5.91 Å². The van der Waals surface area contributed by atoms with Gasteiger partial charge in [0, 0.05) is 28.3 Å². The summed E-state index contributed by atoms with van der Waals surface area (Å²) in [6.45, 7) is 0. The Labute approximate surface area is 184 Å². The van der Waals surface area contributed by atoms with Crippen molar-refractivity contribution >= 4 is 32.8 Å². The molecular weight excluding hydrogens is 434 g/mol. The third-order valence-corrected chi connectivity index (χ3v) is 7.80. The summed E-state index contributed by atoms with van der Waals surface area (Å²) in [4.78, 5) is 32.7. The first kappa shape index (κ1) is 22.0. The first-order valence-corrected chi connectivity index (χ1v) is 11.6. The number of carbonyl (C=O) groups excluding carboxylic acids is 2. The van der Waals surface area contributed by atoms with Crippen molar-refractivity contribution < 1.29 is 27.3 Å². The summed E-state index contributed by atoms with van der Waals surface area (Å²) in [6.07, 6.45) is 5.31. The predicted octanol–water partition coefficient (Wildman–Crippen LogP) is 2.95. The number of fused-ring (bicyclic) bond motifs is 1. The number of methoxy groups -OCH3 is 1. The number of nitrogens with one attached hydrogen (secondary N) is 1. The van der Waals surface area contributed by atoms with Crippen LogP contribution in [-0.2, 0) is 14.9 Å². The zero-order valence-electron chi connectivity index (χ0n) is 17.4. The van der Waals surface area contributed by atoms with Gasteiger partial charge >= 0.3 is 0 Å². The minimum absolute atomic E-state index is 0.00421. The molecule has 0 spiro atoms. The van der Waals surface area contributed by atoms with Crippen LogP contribution < -0.4 is 10.5 Å². The lowest BCUT2D eigenvalue weighted by molar-refractivity contribution is 0.1000. The van der Waals surface area contributed by atoms with Gasteiger partial charge in [0.05, 0.1) is 13.3 Å². The van der Waals surface area contributed by atoms with Gasteiger partial charge in [0.1, 0.15) is 16.1 Å². The monoisotopic (exact) mass is 457 g/mol. The molecule has 4 rings (SSSR count). The molecule has 1 aliphatic carbocycles. The smallest absolute Gasteiger partial charge is 0.274 e. The van der Waals surface area contributed by atoms with E-state index in [1.54, 1.807) is 6.07 Å². The highest BCUT2D eigenvalue weighted by atomic mass is 32.2. The molecule has 2 heterocycles. The van der Waals surface area contributed by atoms with Crippen LogP contribution in [0.15, 0.2) is 36.7 Å². The number of ketones is 1. The zero-order valence-corrected chi connectivity index (χ0v) is 18.2. The number of hydrogen-bond donors (Lipinski definition) is 3. The molecule has 1 amide bonds. The van der Waals surface area contributed by atoms with E-state index in [0.29, 0.717) is 29.6 Å². The standard InChI is InChI=1S/C22H23N3O6S/c1-31-14-10-15-17(12-25-21(15)24-11-14)19(26)16-9-13(20(23)27)5-6-18(16)22(32(28,29)30)7-3-2-4-8-22/h5-6,9-12H,2-4,7-8H2,1H3,(H2,23,27)(H,24,25)(H,28,29,30). The summed E-state index contributed by atoms with van der Waals surface area (Å²) in [6, 6.07) is 5.74. The lowest BCUT2D eigenvalue weighted by Gasteiger charge is -2.36. The van der Waals surface area contributed by atoms with E-state index in [-0.39, 0.29) is 35.1 Å². The number of hydrogen-bond acceptors (Lipinski definition) is 6. The van der Waals surface area contributed by atoms with Gasteiger partial charge in [-0.1, -0.05) is 25.3 Å². The van der Waals surface area contributed by atoms with Crippen LogP contribution in [0.3, 0.4) is 0 Å². The topological polar surface area (TPSA) is 152 Å². The Morgan fingerprint density at radius 2 is 1.88 bits per heavy atom. The van der Waals surface area contributed by atoms with Gasteiger partial charge in [0.15, 0.2) is 5.78 Å². The summed E-state index contributed by atoms with van der Waals surface area (Å²) in [5, 5.41) is 0.481. The Kier molecular flexibility index (Phi) is 5.51. The third-order valence-electron chi connectivity index (χ3n) is 6.18.